The molecule has 9 nitrogen and oxygen atoms in total. The van der Waals surface area contributed by atoms with Crippen molar-refractivity contribution in [2.45, 2.75) is 52.3 Å². The number of rotatable bonds is 8. The van der Waals surface area contributed by atoms with Crippen molar-refractivity contribution < 1.29 is 18.6 Å². The van der Waals surface area contributed by atoms with Crippen molar-refractivity contribution in [2.75, 3.05) is 31.6 Å². The molecular weight excluding hydrogens is 504 g/mol. The SMILES string of the molecule is Cc1nc2c(F)cc(-c3nc(Nc4ccc(CN5CCOC(C)(CCO)C5)cn4)ncc3F)cc2n1C(C)C. The van der Waals surface area contributed by atoms with E-state index in [1.807, 2.05) is 44.4 Å². The van der Waals surface area contributed by atoms with Gasteiger partial charge in [-0.3, -0.25) is 4.90 Å². The normalized spacial score (nSPS) is 18.3. The zero-order chi connectivity index (χ0) is 27.7. The van der Waals surface area contributed by atoms with Gasteiger partial charge in [-0.15, -0.1) is 0 Å². The molecule has 0 radical (unpaired) electrons. The number of hydrogen-bond donors (Lipinski definition) is 2. The molecule has 0 spiro atoms. The van der Waals surface area contributed by atoms with Crippen LogP contribution in [0.4, 0.5) is 20.5 Å². The molecule has 39 heavy (non-hydrogen) atoms. The first kappa shape index (κ1) is 27.0. The number of aliphatic hydroxyl groups is 1. The van der Waals surface area contributed by atoms with Crippen molar-refractivity contribution in [3.05, 3.63) is 59.7 Å². The smallest absolute Gasteiger partial charge is 0.229 e. The fraction of sp³-hybridized carbons (Fsp3) is 0.429. The number of pyridine rings is 1. The first-order valence-electron chi connectivity index (χ1n) is 13.1. The number of halogens is 2. The largest absolute Gasteiger partial charge is 0.396 e. The quantitative estimate of drug-likeness (QED) is 0.332. The van der Waals surface area contributed by atoms with Gasteiger partial charge in [0.2, 0.25) is 5.95 Å². The maximum atomic E-state index is 15.0. The summed E-state index contributed by atoms with van der Waals surface area (Å²) in [5.74, 6) is 0.136. The van der Waals surface area contributed by atoms with Crippen molar-refractivity contribution in [2.24, 2.45) is 0 Å². The van der Waals surface area contributed by atoms with E-state index >= 15 is 0 Å². The summed E-state index contributed by atoms with van der Waals surface area (Å²) in [6.07, 6.45) is 3.42. The molecule has 1 atom stereocenters. The van der Waals surface area contributed by atoms with Crippen molar-refractivity contribution in [3.63, 3.8) is 0 Å². The third-order valence-corrected chi connectivity index (χ3v) is 6.99. The molecule has 11 heteroatoms. The molecule has 0 amide bonds. The van der Waals surface area contributed by atoms with Gasteiger partial charge in [0, 0.05) is 50.5 Å². The lowest BCUT2D eigenvalue weighted by Crippen LogP contribution is -2.50. The standard InChI is InChI=1S/C28H33F2N7O2/c1-17(2)37-18(3)33-26-21(29)11-20(12-23(26)37)25-22(30)14-32-27(35-25)34-24-6-5-19(13-31-24)15-36-8-10-39-28(4,16-36)7-9-38/h5-6,11-14,17,38H,7-10,15-16H2,1-4H3,(H,31,32,34,35). The molecule has 5 rings (SSSR count). The highest BCUT2D eigenvalue weighted by Gasteiger charge is 2.31. The van der Waals surface area contributed by atoms with Crippen molar-refractivity contribution in [3.8, 4) is 11.3 Å². The topological polar surface area (TPSA) is 101 Å². The van der Waals surface area contributed by atoms with Gasteiger partial charge >= 0.3 is 0 Å². The number of hydrogen-bond acceptors (Lipinski definition) is 8. The molecule has 4 aromatic rings. The molecule has 3 aromatic heterocycles. The summed E-state index contributed by atoms with van der Waals surface area (Å²) >= 11 is 0. The van der Waals surface area contributed by atoms with E-state index < -0.39 is 11.6 Å². The van der Waals surface area contributed by atoms with Gasteiger partial charge in [0.1, 0.15) is 22.9 Å². The van der Waals surface area contributed by atoms with Crippen LogP contribution in [0.2, 0.25) is 0 Å². The lowest BCUT2D eigenvalue weighted by atomic mass is 10.00. The molecule has 0 bridgehead atoms. The highest BCUT2D eigenvalue weighted by molar-refractivity contribution is 5.83. The number of morpholine rings is 1. The number of fused-ring (bicyclic) bond motifs is 1. The molecule has 0 aliphatic carbocycles. The Bertz CT molecular complexity index is 1470. The van der Waals surface area contributed by atoms with E-state index in [-0.39, 0.29) is 35.4 Å². The predicted molar refractivity (Wildman–Crippen MR) is 145 cm³/mol. The summed E-state index contributed by atoms with van der Waals surface area (Å²) in [7, 11) is 0. The number of aliphatic hydroxyl groups excluding tert-OH is 1. The maximum absolute atomic E-state index is 15.0. The summed E-state index contributed by atoms with van der Waals surface area (Å²) in [4.78, 5) is 19.5. The Labute approximate surface area is 225 Å². The zero-order valence-corrected chi connectivity index (χ0v) is 22.6. The van der Waals surface area contributed by atoms with E-state index in [2.05, 4.69) is 30.2 Å². The van der Waals surface area contributed by atoms with Gasteiger partial charge in [-0.25, -0.2) is 28.7 Å². The van der Waals surface area contributed by atoms with Crippen LogP contribution in [0.5, 0.6) is 0 Å². The van der Waals surface area contributed by atoms with Crippen LogP contribution < -0.4 is 5.32 Å². The Morgan fingerprint density at radius 2 is 1.95 bits per heavy atom. The van der Waals surface area contributed by atoms with Crippen molar-refractivity contribution in [1.29, 1.82) is 0 Å². The first-order chi connectivity index (χ1) is 18.7. The summed E-state index contributed by atoms with van der Waals surface area (Å²) in [6.45, 7) is 10.7. The molecule has 1 fully saturated rings. The Morgan fingerprint density at radius 3 is 2.67 bits per heavy atom. The Kier molecular flexibility index (Phi) is 7.57. The highest BCUT2D eigenvalue weighted by Crippen LogP contribution is 2.30. The zero-order valence-electron chi connectivity index (χ0n) is 22.6. The number of aryl methyl sites for hydroxylation is 1. The molecule has 1 aromatic carbocycles. The van der Waals surface area contributed by atoms with Crippen LogP contribution in [0.15, 0.2) is 36.7 Å². The third-order valence-electron chi connectivity index (χ3n) is 6.99. The van der Waals surface area contributed by atoms with E-state index in [4.69, 9.17) is 4.74 Å². The molecule has 1 unspecified atom stereocenters. The van der Waals surface area contributed by atoms with Crippen LogP contribution in [0.25, 0.3) is 22.3 Å². The Morgan fingerprint density at radius 1 is 1.13 bits per heavy atom. The Balaban J connectivity index is 1.34. The number of imidazole rings is 1. The monoisotopic (exact) mass is 537 g/mol. The van der Waals surface area contributed by atoms with E-state index in [0.717, 1.165) is 24.8 Å². The molecular formula is C28H33F2N7O2. The van der Waals surface area contributed by atoms with Crippen LogP contribution in [-0.4, -0.2) is 66.4 Å². The van der Waals surface area contributed by atoms with E-state index in [0.29, 0.717) is 42.3 Å². The van der Waals surface area contributed by atoms with E-state index in [1.54, 1.807) is 12.3 Å². The molecule has 2 N–H and O–H groups in total. The van der Waals surface area contributed by atoms with Crippen LogP contribution in [0.3, 0.4) is 0 Å². The van der Waals surface area contributed by atoms with Gasteiger partial charge in [0.25, 0.3) is 0 Å². The fourth-order valence-electron chi connectivity index (χ4n) is 5.19. The van der Waals surface area contributed by atoms with Gasteiger partial charge in [-0.05, 0) is 51.5 Å². The van der Waals surface area contributed by atoms with E-state index in [9.17, 15) is 13.9 Å². The molecule has 0 saturated carbocycles. The highest BCUT2D eigenvalue weighted by atomic mass is 19.1. The van der Waals surface area contributed by atoms with E-state index in [1.165, 1.54) is 6.07 Å². The lowest BCUT2D eigenvalue weighted by Gasteiger charge is -2.40. The minimum Gasteiger partial charge on any atom is -0.396 e. The Hall–Kier alpha value is -3.54. The fourth-order valence-corrected chi connectivity index (χ4v) is 5.19. The first-order valence-corrected chi connectivity index (χ1v) is 13.1. The summed E-state index contributed by atoms with van der Waals surface area (Å²) in [6, 6.07) is 6.78. The van der Waals surface area contributed by atoms with Gasteiger partial charge in [-0.1, -0.05) is 6.07 Å². The van der Waals surface area contributed by atoms with Crippen LogP contribution in [0.1, 0.15) is 44.6 Å². The second kappa shape index (κ2) is 10.9. The third kappa shape index (κ3) is 5.75. The minimum atomic E-state index is -0.659. The summed E-state index contributed by atoms with van der Waals surface area (Å²) in [5, 5.41) is 12.3. The molecule has 1 aliphatic rings. The molecule has 4 heterocycles. The van der Waals surface area contributed by atoms with Gasteiger partial charge in [0.15, 0.2) is 11.6 Å². The second-order valence-corrected chi connectivity index (χ2v) is 10.5. The van der Waals surface area contributed by atoms with Crippen molar-refractivity contribution >= 4 is 22.8 Å². The summed E-state index contributed by atoms with van der Waals surface area (Å²) in [5.41, 5.74) is 1.77. The number of ether oxygens (including phenoxy) is 1. The van der Waals surface area contributed by atoms with Gasteiger partial charge in [0.05, 0.1) is 23.9 Å². The van der Waals surface area contributed by atoms with Gasteiger partial charge < -0.3 is 19.7 Å². The molecule has 1 saturated heterocycles. The average molecular weight is 538 g/mol. The van der Waals surface area contributed by atoms with Crippen LogP contribution in [-0.2, 0) is 11.3 Å². The number of aromatic nitrogens is 5. The number of nitrogens with zero attached hydrogens (tertiary/aromatic N) is 6. The van der Waals surface area contributed by atoms with Crippen molar-refractivity contribution in [1.82, 2.24) is 29.4 Å². The second-order valence-electron chi connectivity index (χ2n) is 10.5. The van der Waals surface area contributed by atoms with Gasteiger partial charge in [-0.2, -0.15) is 0 Å². The molecule has 206 valence electrons. The summed E-state index contributed by atoms with van der Waals surface area (Å²) < 4.78 is 37.6. The lowest BCUT2D eigenvalue weighted by molar-refractivity contribution is -0.109. The van der Waals surface area contributed by atoms with Crippen LogP contribution >= 0.6 is 0 Å². The average Bonchev–Trinajstić information content (AvgIpc) is 3.23. The maximum Gasteiger partial charge on any atom is 0.229 e. The minimum absolute atomic E-state index is 0.0164. The van der Waals surface area contributed by atoms with Crippen LogP contribution in [0, 0.1) is 18.6 Å². The predicted octanol–water partition coefficient (Wildman–Crippen LogP) is 4.77. The molecule has 1 aliphatic heterocycles. The number of nitrogens with one attached hydrogen (secondary N) is 1. The number of anilines is 2. The number of benzene rings is 1.